The summed E-state index contributed by atoms with van der Waals surface area (Å²) >= 11 is 5.48. The second-order valence-electron chi connectivity index (χ2n) is 3.55. The lowest BCUT2D eigenvalue weighted by Crippen LogP contribution is -2.25. The SMILES string of the molecule is CCCOCCCNS(=O)(=O)c1cnc(Cl)nc1. The third-order valence-corrected chi connectivity index (χ3v) is 3.62. The van der Waals surface area contributed by atoms with Crippen LogP contribution in [0, 0.1) is 0 Å². The minimum absolute atomic E-state index is 0.00127. The van der Waals surface area contributed by atoms with Gasteiger partial charge < -0.3 is 4.74 Å². The number of hydrogen-bond donors (Lipinski definition) is 1. The molecule has 18 heavy (non-hydrogen) atoms. The van der Waals surface area contributed by atoms with E-state index < -0.39 is 10.0 Å². The molecule has 1 N–H and O–H groups in total. The predicted molar refractivity (Wildman–Crippen MR) is 68.0 cm³/mol. The topological polar surface area (TPSA) is 81.2 Å². The van der Waals surface area contributed by atoms with Crippen LogP contribution >= 0.6 is 11.6 Å². The number of halogens is 1. The Balaban J connectivity index is 2.38. The smallest absolute Gasteiger partial charge is 0.243 e. The molecule has 0 aliphatic carbocycles. The normalized spacial score (nSPS) is 11.7. The summed E-state index contributed by atoms with van der Waals surface area (Å²) < 4.78 is 31.2. The molecule has 1 aromatic rings. The van der Waals surface area contributed by atoms with E-state index in [1.807, 2.05) is 6.92 Å². The summed E-state index contributed by atoms with van der Waals surface area (Å²) in [4.78, 5) is 7.25. The number of nitrogens with zero attached hydrogens (tertiary/aromatic N) is 2. The van der Waals surface area contributed by atoms with Crippen molar-refractivity contribution in [3.63, 3.8) is 0 Å². The van der Waals surface area contributed by atoms with Crippen LogP contribution in [0.4, 0.5) is 0 Å². The predicted octanol–water partition coefficient (Wildman–Crippen LogP) is 1.23. The standard InChI is InChI=1S/C10H16ClN3O3S/c1-2-5-17-6-3-4-14-18(15,16)9-7-12-10(11)13-8-9/h7-8,14H,2-6H2,1H3. The molecule has 8 heteroatoms. The monoisotopic (exact) mass is 293 g/mol. The fourth-order valence-corrected chi connectivity index (χ4v) is 2.21. The lowest BCUT2D eigenvalue weighted by atomic mass is 10.4. The zero-order chi connectivity index (χ0) is 13.4. The molecule has 0 saturated carbocycles. The Hall–Kier alpha value is -0.760. The second-order valence-corrected chi connectivity index (χ2v) is 5.66. The maximum absolute atomic E-state index is 11.8. The van der Waals surface area contributed by atoms with E-state index in [2.05, 4.69) is 14.7 Å². The van der Waals surface area contributed by atoms with Gasteiger partial charge in [0.15, 0.2) is 0 Å². The van der Waals surface area contributed by atoms with E-state index in [1.54, 1.807) is 0 Å². The molecule has 0 aliphatic heterocycles. The number of sulfonamides is 1. The molecule has 0 aromatic carbocycles. The zero-order valence-electron chi connectivity index (χ0n) is 10.1. The van der Waals surface area contributed by atoms with Crippen molar-refractivity contribution < 1.29 is 13.2 Å². The molecular formula is C10H16ClN3O3S. The van der Waals surface area contributed by atoms with Gasteiger partial charge in [-0.2, -0.15) is 0 Å². The molecule has 0 radical (unpaired) electrons. The van der Waals surface area contributed by atoms with Crippen LogP contribution in [0.3, 0.4) is 0 Å². The molecule has 0 bridgehead atoms. The summed E-state index contributed by atoms with van der Waals surface area (Å²) in [5.74, 6) is 0. The fraction of sp³-hybridized carbons (Fsp3) is 0.600. The minimum Gasteiger partial charge on any atom is -0.381 e. The zero-order valence-corrected chi connectivity index (χ0v) is 11.7. The molecule has 0 spiro atoms. The lowest BCUT2D eigenvalue weighted by Gasteiger charge is -2.06. The third kappa shape index (κ3) is 5.26. The first-order chi connectivity index (χ1) is 8.56. The molecule has 1 rings (SSSR count). The Morgan fingerprint density at radius 1 is 1.33 bits per heavy atom. The summed E-state index contributed by atoms with van der Waals surface area (Å²) in [7, 11) is -3.56. The van der Waals surface area contributed by atoms with Crippen LogP contribution in [0.25, 0.3) is 0 Å². The van der Waals surface area contributed by atoms with Crippen LogP contribution in [0.5, 0.6) is 0 Å². The largest absolute Gasteiger partial charge is 0.381 e. The molecule has 1 heterocycles. The highest BCUT2D eigenvalue weighted by molar-refractivity contribution is 7.89. The number of nitrogens with one attached hydrogen (secondary N) is 1. The molecule has 0 atom stereocenters. The van der Waals surface area contributed by atoms with E-state index in [0.717, 1.165) is 6.42 Å². The first-order valence-electron chi connectivity index (χ1n) is 5.61. The highest BCUT2D eigenvalue weighted by Gasteiger charge is 2.14. The Bertz CT molecular complexity index is 450. The molecular weight excluding hydrogens is 278 g/mol. The highest BCUT2D eigenvalue weighted by atomic mass is 35.5. The van der Waals surface area contributed by atoms with Gasteiger partial charge in [-0.1, -0.05) is 6.92 Å². The maximum Gasteiger partial charge on any atom is 0.243 e. The molecule has 102 valence electrons. The fourth-order valence-electron chi connectivity index (χ4n) is 1.15. The molecule has 0 aliphatic rings. The molecule has 0 unspecified atom stereocenters. The molecule has 6 nitrogen and oxygen atoms in total. The number of aromatic nitrogens is 2. The summed E-state index contributed by atoms with van der Waals surface area (Å²) in [5.41, 5.74) is 0. The number of hydrogen-bond acceptors (Lipinski definition) is 5. The van der Waals surface area contributed by atoms with Crippen molar-refractivity contribution in [1.29, 1.82) is 0 Å². The highest BCUT2D eigenvalue weighted by Crippen LogP contribution is 2.07. The van der Waals surface area contributed by atoms with E-state index in [0.29, 0.717) is 26.2 Å². The van der Waals surface area contributed by atoms with Gasteiger partial charge in [0, 0.05) is 19.8 Å². The van der Waals surface area contributed by atoms with Gasteiger partial charge in [0.05, 0.1) is 12.4 Å². The molecule has 1 aromatic heterocycles. The molecule has 0 amide bonds. The van der Waals surface area contributed by atoms with Gasteiger partial charge in [-0.25, -0.2) is 23.1 Å². The van der Waals surface area contributed by atoms with Gasteiger partial charge in [-0.05, 0) is 24.4 Å². The summed E-state index contributed by atoms with van der Waals surface area (Å²) in [6, 6.07) is 0. The van der Waals surface area contributed by atoms with Gasteiger partial charge in [0.25, 0.3) is 0 Å². The van der Waals surface area contributed by atoms with E-state index in [-0.39, 0.29) is 10.2 Å². The first kappa shape index (κ1) is 15.3. The van der Waals surface area contributed by atoms with Crippen molar-refractivity contribution in [1.82, 2.24) is 14.7 Å². The molecule has 0 saturated heterocycles. The van der Waals surface area contributed by atoms with Crippen molar-refractivity contribution in [2.45, 2.75) is 24.7 Å². The van der Waals surface area contributed by atoms with E-state index in [4.69, 9.17) is 16.3 Å². The quantitative estimate of drug-likeness (QED) is 0.576. The van der Waals surface area contributed by atoms with E-state index >= 15 is 0 Å². The van der Waals surface area contributed by atoms with Gasteiger partial charge >= 0.3 is 0 Å². The summed E-state index contributed by atoms with van der Waals surface area (Å²) in [6.45, 7) is 3.56. The summed E-state index contributed by atoms with van der Waals surface area (Å²) in [6.07, 6.45) is 3.91. The van der Waals surface area contributed by atoms with E-state index in [1.165, 1.54) is 12.4 Å². The van der Waals surface area contributed by atoms with Crippen LogP contribution in [-0.2, 0) is 14.8 Å². The number of ether oxygens (including phenoxy) is 1. The van der Waals surface area contributed by atoms with Gasteiger partial charge in [-0.15, -0.1) is 0 Å². The van der Waals surface area contributed by atoms with Crippen LogP contribution in [0.15, 0.2) is 17.3 Å². The van der Waals surface area contributed by atoms with Crippen molar-refractivity contribution in [3.05, 3.63) is 17.7 Å². The van der Waals surface area contributed by atoms with E-state index in [9.17, 15) is 8.42 Å². The Kier molecular flexibility index (Phi) is 6.48. The van der Waals surface area contributed by atoms with Crippen LogP contribution in [-0.4, -0.2) is 38.1 Å². The second kappa shape index (κ2) is 7.63. The van der Waals surface area contributed by atoms with Crippen LogP contribution in [0.1, 0.15) is 19.8 Å². The molecule has 0 fully saturated rings. The first-order valence-corrected chi connectivity index (χ1v) is 7.47. The lowest BCUT2D eigenvalue weighted by molar-refractivity contribution is 0.133. The third-order valence-electron chi connectivity index (χ3n) is 2.01. The Morgan fingerprint density at radius 3 is 2.61 bits per heavy atom. The van der Waals surface area contributed by atoms with Crippen molar-refractivity contribution in [2.24, 2.45) is 0 Å². The van der Waals surface area contributed by atoms with Gasteiger partial charge in [-0.3, -0.25) is 0 Å². The Morgan fingerprint density at radius 2 is 2.00 bits per heavy atom. The average molecular weight is 294 g/mol. The van der Waals surface area contributed by atoms with Crippen molar-refractivity contribution >= 4 is 21.6 Å². The van der Waals surface area contributed by atoms with Crippen LogP contribution in [0.2, 0.25) is 5.28 Å². The Labute approximate surface area is 112 Å². The minimum atomic E-state index is -3.56. The van der Waals surface area contributed by atoms with Crippen molar-refractivity contribution in [2.75, 3.05) is 19.8 Å². The van der Waals surface area contributed by atoms with Gasteiger partial charge in [0.2, 0.25) is 15.3 Å². The average Bonchev–Trinajstić information content (AvgIpc) is 2.34. The van der Waals surface area contributed by atoms with Gasteiger partial charge in [0.1, 0.15) is 4.90 Å². The summed E-state index contributed by atoms with van der Waals surface area (Å²) in [5, 5.41) is 0.0157. The maximum atomic E-state index is 11.8. The number of rotatable bonds is 8. The van der Waals surface area contributed by atoms with Crippen LogP contribution < -0.4 is 4.72 Å². The van der Waals surface area contributed by atoms with Crippen molar-refractivity contribution in [3.8, 4) is 0 Å².